The molecule has 2 amide bonds. The normalized spacial score (nSPS) is 15.0. The molecule has 2 aromatic rings. The topological polar surface area (TPSA) is 32.3 Å². The van der Waals surface area contributed by atoms with E-state index in [0.29, 0.717) is 18.2 Å². The number of carbonyl (C=O) groups is 1. The van der Waals surface area contributed by atoms with Crippen molar-refractivity contribution in [3.63, 3.8) is 0 Å². The Morgan fingerprint density at radius 1 is 1.22 bits per heavy atom. The van der Waals surface area contributed by atoms with Gasteiger partial charge in [0.05, 0.1) is 0 Å². The Bertz CT molecular complexity index is 670. The van der Waals surface area contributed by atoms with Crippen molar-refractivity contribution in [2.24, 2.45) is 5.92 Å². The molecule has 3 nitrogen and oxygen atoms in total. The first kappa shape index (κ1) is 15.5. The standard InChI is InChI=1S/C19H21FN2O/c1-14(16-10-11-16)22(13-15-6-3-2-4-7-15)19(23)21-18-9-5-8-17(20)12-18/h2-9,12,14,16H,10-11,13H2,1H3,(H,21,23). The van der Waals surface area contributed by atoms with Gasteiger partial charge in [0.2, 0.25) is 0 Å². The lowest BCUT2D eigenvalue weighted by Gasteiger charge is -2.29. The molecule has 1 aliphatic carbocycles. The van der Waals surface area contributed by atoms with Crippen LogP contribution in [0.1, 0.15) is 25.3 Å². The van der Waals surface area contributed by atoms with Gasteiger partial charge in [-0.2, -0.15) is 0 Å². The van der Waals surface area contributed by atoms with E-state index in [1.54, 1.807) is 12.1 Å². The van der Waals surface area contributed by atoms with E-state index in [1.165, 1.54) is 25.0 Å². The summed E-state index contributed by atoms with van der Waals surface area (Å²) in [5.41, 5.74) is 1.57. The Hall–Kier alpha value is -2.36. The lowest BCUT2D eigenvalue weighted by atomic mass is 10.1. The highest BCUT2D eigenvalue weighted by Gasteiger charge is 2.34. The summed E-state index contributed by atoms with van der Waals surface area (Å²) >= 11 is 0. The van der Waals surface area contributed by atoms with Crippen molar-refractivity contribution in [1.82, 2.24) is 4.90 Å². The number of carbonyl (C=O) groups excluding carboxylic acids is 1. The van der Waals surface area contributed by atoms with Gasteiger partial charge in [-0.25, -0.2) is 9.18 Å². The molecule has 0 heterocycles. The van der Waals surface area contributed by atoms with Crippen molar-refractivity contribution < 1.29 is 9.18 Å². The Balaban J connectivity index is 1.75. The molecular weight excluding hydrogens is 291 g/mol. The van der Waals surface area contributed by atoms with Crippen molar-refractivity contribution in [2.75, 3.05) is 5.32 Å². The molecule has 2 aromatic carbocycles. The van der Waals surface area contributed by atoms with Gasteiger partial charge in [0, 0.05) is 18.3 Å². The second kappa shape index (κ2) is 6.82. The van der Waals surface area contributed by atoms with Crippen LogP contribution in [0.3, 0.4) is 0 Å². The highest BCUT2D eigenvalue weighted by atomic mass is 19.1. The van der Waals surface area contributed by atoms with Crippen LogP contribution in [0, 0.1) is 11.7 Å². The predicted octanol–water partition coefficient (Wildman–Crippen LogP) is 4.66. The van der Waals surface area contributed by atoms with Crippen LogP contribution >= 0.6 is 0 Å². The first-order chi connectivity index (χ1) is 11.1. The fraction of sp³-hybridized carbons (Fsp3) is 0.316. The van der Waals surface area contributed by atoms with Gasteiger partial charge < -0.3 is 10.2 Å². The zero-order valence-corrected chi connectivity index (χ0v) is 13.2. The number of anilines is 1. The summed E-state index contributed by atoms with van der Waals surface area (Å²) in [4.78, 5) is 14.5. The average Bonchev–Trinajstić information content (AvgIpc) is 3.38. The van der Waals surface area contributed by atoms with Crippen molar-refractivity contribution in [3.05, 3.63) is 66.0 Å². The molecule has 120 valence electrons. The number of benzene rings is 2. The van der Waals surface area contributed by atoms with Crippen LogP contribution in [0.15, 0.2) is 54.6 Å². The molecule has 0 bridgehead atoms. The highest BCUT2D eigenvalue weighted by molar-refractivity contribution is 5.89. The third-order valence-corrected chi connectivity index (χ3v) is 4.33. The molecular formula is C19H21FN2O. The van der Waals surface area contributed by atoms with E-state index in [1.807, 2.05) is 35.2 Å². The molecule has 1 aliphatic rings. The summed E-state index contributed by atoms with van der Waals surface area (Å²) in [7, 11) is 0. The number of halogens is 1. The van der Waals surface area contributed by atoms with E-state index in [2.05, 4.69) is 12.2 Å². The summed E-state index contributed by atoms with van der Waals surface area (Å²) in [6.45, 7) is 2.64. The van der Waals surface area contributed by atoms with E-state index in [0.717, 1.165) is 5.56 Å². The molecule has 3 rings (SSSR count). The van der Waals surface area contributed by atoms with Gasteiger partial charge in [-0.05, 0) is 49.4 Å². The third-order valence-electron chi connectivity index (χ3n) is 4.33. The molecule has 1 saturated carbocycles. The van der Waals surface area contributed by atoms with Gasteiger partial charge in [-0.3, -0.25) is 0 Å². The van der Waals surface area contributed by atoms with Crippen LogP contribution in [0.5, 0.6) is 0 Å². The summed E-state index contributed by atoms with van der Waals surface area (Å²) in [6, 6.07) is 15.9. The molecule has 0 aromatic heterocycles. The number of amides is 2. The quantitative estimate of drug-likeness (QED) is 0.855. The second-order valence-corrected chi connectivity index (χ2v) is 6.13. The summed E-state index contributed by atoms with van der Waals surface area (Å²) in [5, 5.41) is 2.81. The fourth-order valence-corrected chi connectivity index (χ4v) is 2.78. The van der Waals surface area contributed by atoms with Crippen molar-refractivity contribution in [3.8, 4) is 0 Å². The second-order valence-electron chi connectivity index (χ2n) is 6.13. The molecule has 0 spiro atoms. The number of nitrogens with one attached hydrogen (secondary N) is 1. The smallest absolute Gasteiger partial charge is 0.317 e. The number of nitrogens with zero attached hydrogens (tertiary/aromatic N) is 1. The first-order valence-electron chi connectivity index (χ1n) is 8.00. The Morgan fingerprint density at radius 2 is 1.96 bits per heavy atom. The van der Waals surface area contributed by atoms with Crippen LogP contribution in [-0.4, -0.2) is 17.0 Å². The zero-order chi connectivity index (χ0) is 16.2. The number of rotatable bonds is 5. The van der Waals surface area contributed by atoms with Crippen LogP contribution in [0.2, 0.25) is 0 Å². The maximum absolute atomic E-state index is 13.3. The fourth-order valence-electron chi connectivity index (χ4n) is 2.78. The van der Waals surface area contributed by atoms with Crippen molar-refractivity contribution >= 4 is 11.7 Å². The van der Waals surface area contributed by atoms with Crippen LogP contribution in [0.25, 0.3) is 0 Å². The molecule has 23 heavy (non-hydrogen) atoms. The van der Waals surface area contributed by atoms with Crippen LogP contribution in [-0.2, 0) is 6.54 Å². The minimum Gasteiger partial charge on any atom is -0.317 e. The van der Waals surface area contributed by atoms with Crippen molar-refractivity contribution in [1.29, 1.82) is 0 Å². The van der Waals surface area contributed by atoms with Gasteiger partial charge in [0.25, 0.3) is 0 Å². The highest BCUT2D eigenvalue weighted by Crippen LogP contribution is 2.36. The molecule has 4 heteroatoms. The van der Waals surface area contributed by atoms with Gasteiger partial charge in [0.15, 0.2) is 0 Å². The molecule has 0 radical (unpaired) electrons. The number of urea groups is 1. The number of hydrogen-bond donors (Lipinski definition) is 1. The van der Waals surface area contributed by atoms with Gasteiger partial charge in [-0.15, -0.1) is 0 Å². The SMILES string of the molecule is CC(C1CC1)N(Cc1ccccc1)C(=O)Nc1cccc(F)c1. The summed E-state index contributed by atoms with van der Waals surface area (Å²) in [5.74, 6) is 0.213. The molecule has 1 fully saturated rings. The molecule has 1 N–H and O–H groups in total. The van der Waals surface area contributed by atoms with Crippen LogP contribution in [0.4, 0.5) is 14.9 Å². The Kier molecular flexibility index (Phi) is 4.60. The molecule has 0 aliphatic heterocycles. The third kappa shape index (κ3) is 4.09. The molecule has 0 saturated heterocycles. The van der Waals surface area contributed by atoms with Crippen LogP contribution < -0.4 is 5.32 Å². The van der Waals surface area contributed by atoms with Gasteiger partial charge in [-0.1, -0.05) is 36.4 Å². The average molecular weight is 312 g/mol. The minimum absolute atomic E-state index is 0.170. The van der Waals surface area contributed by atoms with E-state index >= 15 is 0 Å². The Morgan fingerprint density at radius 3 is 2.61 bits per heavy atom. The van der Waals surface area contributed by atoms with Gasteiger partial charge >= 0.3 is 6.03 Å². The summed E-state index contributed by atoms with van der Waals surface area (Å²) in [6.07, 6.45) is 2.33. The molecule has 1 unspecified atom stereocenters. The van der Waals surface area contributed by atoms with E-state index in [4.69, 9.17) is 0 Å². The maximum atomic E-state index is 13.3. The maximum Gasteiger partial charge on any atom is 0.322 e. The predicted molar refractivity (Wildman–Crippen MR) is 89.6 cm³/mol. The van der Waals surface area contributed by atoms with E-state index in [9.17, 15) is 9.18 Å². The minimum atomic E-state index is -0.354. The van der Waals surface area contributed by atoms with Crippen molar-refractivity contribution in [2.45, 2.75) is 32.4 Å². The largest absolute Gasteiger partial charge is 0.322 e. The van der Waals surface area contributed by atoms with Gasteiger partial charge in [0.1, 0.15) is 5.82 Å². The monoisotopic (exact) mass is 312 g/mol. The zero-order valence-electron chi connectivity index (χ0n) is 13.2. The number of hydrogen-bond acceptors (Lipinski definition) is 1. The Labute approximate surface area is 136 Å². The first-order valence-corrected chi connectivity index (χ1v) is 8.00. The lowest BCUT2D eigenvalue weighted by Crippen LogP contribution is -2.42. The van der Waals surface area contributed by atoms with E-state index in [-0.39, 0.29) is 17.9 Å². The summed E-state index contributed by atoms with van der Waals surface area (Å²) < 4.78 is 13.3. The van der Waals surface area contributed by atoms with E-state index < -0.39 is 0 Å². The molecule has 1 atom stereocenters. The lowest BCUT2D eigenvalue weighted by molar-refractivity contribution is 0.181.